The number of hydrogen-bond acceptors (Lipinski definition) is 6. The largest absolute Gasteiger partial charge is 0.433 e. The summed E-state index contributed by atoms with van der Waals surface area (Å²) in [6.07, 6.45) is 1.23. The number of nitrogens with zero attached hydrogens (tertiary/aromatic N) is 3. The first-order chi connectivity index (χ1) is 9.93. The van der Waals surface area contributed by atoms with E-state index in [9.17, 15) is 10.1 Å². The zero-order valence-electron chi connectivity index (χ0n) is 12.3. The number of nitro groups is 1. The van der Waals surface area contributed by atoms with Crippen LogP contribution in [0.3, 0.4) is 0 Å². The molecule has 0 aliphatic heterocycles. The van der Waals surface area contributed by atoms with Crippen molar-refractivity contribution in [3.8, 4) is 11.6 Å². The fourth-order valence-corrected chi connectivity index (χ4v) is 2.00. The van der Waals surface area contributed by atoms with E-state index in [2.05, 4.69) is 15.3 Å². The molecule has 0 radical (unpaired) electrons. The molecular formula is C14H16N4O3. The second-order valence-electron chi connectivity index (χ2n) is 4.69. The number of ether oxygens (including phenoxy) is 1. The summed E-state index contributed by atoms with van der Waals surface area (Å²) in [6.45, 7) is 5.80. The molecule has 2 aromatic rings. The average Bonchev–Trinajstić information content (AvgIpc) is 2.43. The molecule has 0 spiro atoms. The average molecular weight is 288 g/mol. The molecule has 0 saturated heterocycles. The van der Waals surface area contributed by atoms with Crippen LogP contribution >= 0.6 is 0 Å². The van der Waals surface area contributed by atoms with Crippen LogP contribution in [0.5, 0.6) is 11.6 Å². The molecule has 0 amide bonds. The van der Waals surface area contributed by atoms with Crippen LogP contribution in [0.25, 0.3) is 0 Å². The van der Waals surface area contributed by atoms with Crippen molar-refractivity contribution < 1.29 is 9.66 Å². The molecule has 7 nitrogen and oxygen atoms in total. The molecule has 0 atom stereocenters. The van der Waals surface area contributed by atoms with E-state index in [-0.39, 0.29) is 17.4 Å². The maximum Gasteiger partial charge on any atom is 0.373 e. The molecule has 7 heteroatoms. The molecule has 0 saturated carbocycles. The molecule has 21 heavy (non-hydrogen) atoms. The van der Waals surface area contributed by atoms with Gasteiger partial charge in [0.25, 0.3) is 0 Å². The first-order valence-electron chi connectivity index (χ1n) is 6.37. The number of hydrogen-bond donors (Lipinski definition) is 1. The van der Waals surface area contributed by atoms with Crippen molar-refractivity contribution in [3.63, 3.8) is 0 Å². The lowest BCUT2D eigenvalue weighted by Gasteiger charge is -2.12. The van der Waals surface area contributed by atoms with E-state index in [1.807, 2.05) is 32.9 Å². The van der Waals surface area contributed by atoms with Crippen molar-refractivity contribution in [3.05, 3.63) is 45.3 Å². The van der Waals surface area contributed by atoms with Gasteiger partial charge < -0.3 is 10.1 Å². The first kappa shape index (κ1) is 14.7. The fourth-order valence-electron chi connectivity index (χ4n) is 2.00. The van der Waals surface area contributed by atoms with Gasteiger partial charge in [-0.1, -0.05) is 6.07 Å². The van der Waals surface area contributed by atoms with Crippen LogP contribution in [0.15, 0.2) is 18.5 Å². The molecule has 0 aliphatic carbocycles. The fraction of sp³-hybridized carbons (Fsp3) is 0.286. The summed E-state index contributed by atoms with van der Waals surface area (Å²) in [7, 11) is 1.56. The minimum absolute atomic E-state index is 0.0764. The second kappa shape index (κ2) is 5.74. The minimum Gasteiger partial charge on any atom is -0.433 e. The first-order valence-corrected chi connectivity index (χ1v) is 6.37. The van der Waals surface area contributed by atoms with Gasteiger partial charge in [0.05, 0.1) is 4.92 Å². The Bertz CT molecular complexity index is 701. The van der Waals surface area contributed by atoms with Gasteiger partial charge in [0, 0.05) is 7.05 Å². The van der Waals surface area contributed by atoms with Crippen molar-refractivity contribution in [2.24, 2.45) is 0 Å². The molecule has 1 aromatic carbocycles. The summed E-state index contributed by atoms with van der Waals surface area (Å²) in [5, 5.41) is 13.9. The highest BCUT2D eigenvalue weighted by atomic mass is 16.6. The molecule has 0 aliphatic rings. The molecule has 110 valence electrons. The molecule has 0 fully saturated rings. The van der Waals surface area contributed by atoms with Gasteiger partial charge in [-0.25, -0.2) is 4.98 Å². The third-order valence-corrected chi connectivity index (χ3v) is 3.18. The van der Waals surface area contributed by atoms with E-state index in [1.54, 1.807) is 7.05 Å². The van der Waals surface area contributed by atoms with E-state index in [0.717, 1.165) is 16.7 Å². The summed E-state index contributed by atoms with van der Waals surface area (Å²) < 4.78 is 5.67. The zero-order chi connectivity index (χ0) is 15.6. The topological polar surface area (TPSA) is 90.2 Å². The van der Waals surface area contributed by atoms with Crippen LogP contribution in [-0.4, -0.2) is 21.9 Å². The normalized spacial score (nSPS) is 10.3. The SMILES string of the molecule is CNc1ncnc(Oc2cc(C)cc(C)c2C)c1[N+](=O)[O-]. The summed E-state index contributed by atoms with van der Waals surface area (Å²) in [5.41, 5.74) is 2.70. The van der Waals surface area contributed by atoms with Crippen molar-refractivity contribution in [1.82, 2.24) is 9.97 Å². The smallest absolute Gasteiger partial charge is 0.373 e. The lowest BCUT2D eigenvalue weighted by Crippen LogP contribution is -2.04. The molecule has 1 heterocycles. The maximum atomic E-state index is 11.2. The minimum atomic E-state index is -0.556. The number of aromatic nitrogens is 2. The van der Waals surface area contributed by atoms with Gasteiger partial charge in [-0.3, -0.25) is 10.1 Å². The van der Waals surface area contributed by atoms with Gasteiger partial charge in [-0.2, -0.15) is 4.98 Å². The Morgan fingerprint density at radius 1 is 1.24 bits per heavy atom. The quantitative estimate of drug-likeness (QED) is 0.686. The van der Waals surface area contributed by atoms with E-state index >= 15 is 0 Å². The van der Waals surface area contributed by atoms with Gasteiger partial charge in [0.1, 0.15) is 12.1 Å². The predicted octanol–water partition coefficient (Wildman–Crippen LogP) is 3.14. The molecule has 1 aromatic heterocycles. The van der Waals surface area contributed by atoms with Crippen LogP contribution in [0.1, 0.15) is 16.7 Å². The molecule has 0 unspecified atom stereocenters. The molecule has 1 N–H and O–H groups in total. The van der Waals surface area contributed by atoms with Crippen LogP contribution < -0.4 is 10.1 Å². The molecule has 0 bridgehead atoms. The maximum absolute atomic E-state index is 11.2. The Kier molecular flexibility index (Phi) is 4.02. The number of nitrogens with one attached hydrogen (secondary N) is 1. The van der Waals surface area contributed by atoms with Crippen molar-refractivity contribution >= 4 is 11.5 Å². The van der Waals surface area contributed by atoms with Gasteiger partial charge in [0.15, 0.2) is 0 Å². The van der Waals surface area contributed by atoms with Crippen molar-refractivity contribution in [2.45, 2.75) is 20.8 Å². The van der Waals surface area contributed by atoms with Crippen LogP contribution in [-0.2, 0) is 0 Å². The number of rotatable bonds is 4. The Morgan fingerprint density at radius 2 is 1.95 bits per heavy atom. The van der Waals surface area contributed by atoms with Gasteiger partial charge >= 0.3 is 11.6 Å². The lowest BCUT2D eigenvalue weighted by molar-refractivity contribution is -0.385. The molecule has 2 rings (SSSR count). The standard InChI is InChI=1S/C14H16N4O3/c1-8-5-9(2)10(3)11(6-8)21-14-12(18(19)20)13(15-4)16-7-17-14/h5-7H,1-4H3,(H,15,16,17). The van der Waals surface area contributed by atoms with Gasteiger partial charge in [0.2, 0.25) is 5.82 Å². The third kappa shape index (κ3) is 2.91. The highest BCUT2D eigenvalue weighted by molar-refractivity contribution is 5.61. The van der Waals surface area contributed by atoms with E-state index < -0.39 is 4.92 Å². The Morgan fingerprint density at radius 3 is 2.57 bits per heavy atom. The van der Waals surface area contributed by atoms with Gasteiger partial charge in [-0.15, -0.1) is 0 Å². The molecular weight excluding hydrogens is 272 g/mol. The van der Waals surface area contributed by atoms with E-state index in [4.69, 9.17) is 4.74 Å². The van der Waals surface area contributed by atoms with Crippen molar-refractivity contribution in [1.29, 1.82) is 0 Å². The number of anilines is 1. The highest BCUT2D eigenvalue weighted by Crippen LogP contribution is 2.35. The monoisotopic (exact) mass is 288 g/mol. The van der Waals surface area contributed by atoms with Gasteiger partial charge in [-0.05, 0) is 43.5 Å². The summed E-state index contributed by atoms with van der Waals surface area (Å²) in [5.74, 6) is 0.593. The highest BCUT2D eigenvalue weighted by Gasteiger charge is 2.24. The number of aryl methyl sites for hydroxylation is 2. The Hall–Kier alpha value is -2.70. The summed E-state index contributed by atoms with van der Waals surface area (Å²) >= 11 is 0. The number of benzene rings is 1. The lowest BCUT2D eigenvalue weighted by atomic mass is 10.1. The van der Waals surface area contributed by atoms with Crippen LogP contribution in [0.2, 0.25) is 0 Å². The zero-order valence-corrected chi connectivity index (χ0v) is 12.3. The van der Waals surface area contributed by atoms with E-state index in [0.29, 0.717) is 5.75 Å². The summed E-state index contributed by atoms with van der Waals surface area (Å²) in [6, 6.07) is 3.85. The Labute approximate surface area is 122 Å². The van der Waals surface area contributed by atoms with Crippen LogP contribution in [0, 0.1) is 30.9 Å². The predicted molar refractivity (Wildman–Crippen MR) is 79.0 cm³/mol. The third-order valence-electron chi connectivity index (χ3n) is 3.18. The van der Waals surface area contributed by atoms with E-state index in [1.165, 1.54) is 6.33 Å². The van der Waals surface area contributed by atoms with Crippen molar-refractivity contribution in [2.75, 3.05) is 12.4 Å². The summed E-state index contributed by atoms with van der Waals surface area (Å²) in [4.78, 5) is 18.4. The Balaban J connectivity index is 2.52. The van der Waals surface area contributed by atoms with Crippen LogP contribution in [0.4, 0.5) is 11.5 Å². The second-order valence-corrected chi connectivity index (χ2v) is 4.69.